The summed E-state index contributed by atoms with van der Waals surface area (Å²) in [7, 11) is 0. The summed E-state index contributed by atoms with van der Waals surface area (Å²) in [5, 5.41) is 0. The van der Waals surface area contributed by atoms with Crippen LogP contribution in [0.4, 0.5) is 5.95 Å². The van der Waals surface area contributed by atoms with Crippen molar-refractivity contribution in [2.24, 2.45) is 0 Å². The molecule has 4 heterocycles. The zero-order valence-corrected chi connectivity index (χ0v) is 13.4. The molecule has 0 unspecified atom stereocenters. The molecule has 0 amide bonds. The van der Waals surface area contributed by atoms with Crippen LogP contribution in [0.2, 0.25) is 0 Å². The van der Waals surface area contributed by atoms with Crippen molar-refractivity contribution in [2.75, 3.05) is 44.2 Å². The standard InChI is InChI=1S/C16H22N6O/c1-13-9-19-15(23-13)12-20-10-14(11-20)21-5-7-22(8-6-21)16-17-3-2-4-18-16/h2-4,9,14H,5-8,10-12H2,1H3. The maximum absolute atomic E-state index is 5.55. The number of hydrogen-bond acceptors (Lipinski definition) is 7. The van der Waals surface area contributed by atoms with Gasteiger partial charge in [0.25, 0.3) is 0 Å². The quantitative estimate of drug-likeness (QED) is 0.826. The topological polar surface area (TPSA) is 61.5 Å². The van der Waals surface area contributed by atoms with Gasteiger partial charge >= 0.3 is 0 Å². The predicted octanol–water partition coefficient (Wildman–Crippen LogP) is 0.779. The van der Waals surface area contributed by atoms with Gasteiger partial charge in [-0.05, 0) is 13.0 Å². The first kappa shape index (κ1) is 14.6. The lowest BCUT2D eigenvalue weighted by Gasteiger charge is -2.47. The number of aromatic nitrogens is 3. The van der Waals surface area contributed by atoms with Gasteiger partial charge < -0.3 is 9.32 Å². The minimum absolute atomic E-state index is 0.657. The number of nitrogens with zero attached hydrogens (tertiary/aromatic N) is 6. The Morgan fingerprint density at radius 1 is 1.09 bits per heavy atom. The largest absolute Gasteiger partial charge is 0.445 e. The van der Waals surface area contributed by atoms with E-state index in [0.717, 1.165) is 63.4 Å². The summed E-state index contributed by atoms with van der Waals surface area (Å²) in [4.78, 5) is 20.2. The van der Waals surface area contributed by atoms with E-state index >= 15 is 0 Å². The van der Waals surface area contributed by atoms with Crippen molar-refractivity contribution in [2.45, 2.75) is 19.5 Å². The van der Waals surface area contributed by atoms with Crippen molar-refractivity contribution in [3.05, 3.63) is 36.3 Å². The van der Waals surface area contributed by atoms with Crippen LogP contribution in [-0.2, 0) is 6.54 Å². The second-order valence-corrected chi connectivity index (χ2v) is 6.28. The molecular formula is C16H22N6O. The van der Waals surface area contributed by atoms with Crippen molar-refractivity contribution in [3.63, 3.8) is 0 Å². The van der Waals surface area contributed by atoms with E-state index < -0.39 is 0 Å². The van der Waals surface area contributed by atoms with Gasteiger partial charge in [0.05, 0.1) is 12.7 Å². The van der Waals surface area contributed by atoms with Crippen molar-refractivity contribution in [1.82, 2.24) is 24.8 Å². The van der Waals surface area contributed by atoms with Crippen LogP contribution in [0.5, 0.6) is 0 Å². The van der Waals surface area contributed by atoms with Crippen LogP contribution in [0, 0.1) is 6.92 Å². The smallest absolute Gasteiger partial charge is 0.225 e. The molecule has 2 aromatic heterocycles. The summed E-state index contributed by atoms with van der Waals surface area (Å²) >= 11 is 0. The number of hydrogen-bond donors (Lipinski definition) is 0. The molecule has 0 radical (unpaired) electrons. The van der Waals surface area contributed by atoms with E-state index in [1.54, 1.807) is 6.20 Å². The van der Waals surface area contributed by atoms with Crippen LogP contribution in [0.3, 0.4) is 0 Å². The van der Waals surface area contributed by atoms with Gasteiger partial charge in [0.1, 0.15) is 5.76 Å². The van der Waals surface area contributed by atoms with Gasteiger partial charge in [0.2, 0.25) is 11.8 Å². The van der Waals surface area contributed by atoms with Gasteiger partial charge in [-0.2, -0.15) is 0 Å². The molecule has 0 aliphatic carbocycles. The Morgan fingerprint density at radius 3 is 2.48 bits per heavy atom. The lowest BCUT2D eigenvalue weighted by atomic mass is 10.1. The zero-order chi connectivity index (χ0) is 15.6. The first-order valence-electron chi connectivity index (χ1n) is 8.17. The Kier molecular flexibility index (Phi) is 3.97. The van der Waals surface area contributed by atoms with Gasteiger partial charge in [-0.25, -0.2) is 15.0 Å². The van der Waals surface area contributed by atoms with E-state index in [1.165, 1.54) is 0 Å². The number of piperazine rings is 1. The molecule has 2 aromatic rings. The third kappa shape index (κ3) is 3.20. The number of aryl methyl sites for hydroxylation is 1. The average Bonchev–Trinajstić information content (AvgIpc) is 2.97. The van der Waals surface area contributed by atoms with E-state index in [1.807, 2.05) is 25.4 Å². The minimum Gasteiger partial charge on any atom is -0.445 e. The average molecular weight is 314 g/mol. The third-order valence-corrected chi connectivity index (χ3v) is 4.63. The lowest BCUT2D eigenvalue weighted by molar-refractivity contribution is 0.0204. The van der Waals surface area contributed by atoms with E-state index in [2.05, 4.69) is 29.7 Å². The molecular weight excluding hydrogens is 292 g/mol. The monoisotopic (exact) mass is 314 g/mol. The van der Waals surface area contributed by atoms with Gasteiger partial charge in [-0.3, -0.25) is 9.80 Å². The van der Waals surface area contributed by atoms with Gasteiger partial charge in [-0.1, -0.05) is 0 Å². The highest BCUT2D eigenvalue weighted by Gasteiger charge is 2.34. The highest BCUT2D eigenvalue weighted by molar-refractivity contribution is 5.29. The summed E-state index contributed by atoms with van der Waals surface area (Å²) in [5.74, 6) is 2.56. The molecule has 7 nitrogen and oxygen atoms in total. The first-order chi connectivity index (χ1) is 11.3. The Hall–Kier alpha value is -1.99. The zero-order valence-electron chi connectivity index (χ0n) is 13.4. The maximum Gasteiger partial charge on any atom is 0.225 e. The molecule has 2 aliphatic heterocycles. The number of rotatable bonds is 4. The fourth-order valence-electron chi connectivity index (χ4n) is 3.31. The molecule has 4 rings (SSSR count). The Balaban J connectivity index is 1.23. The molecule has 0 spiro atoms. The summed E-state index contributed by atoms with van der Waals surface area (Å²) in [5.41, 5.74) is 0. The van der Waals surface area contributed by atoms with Crippen LogP contribution in [-0.4, -0.2) is 70.1 Å². The fraction of sp³-hybridized carbons (Fsp3) is 0.562. The second-order valence-electron chi connectivity index (χ2n) is 6.28. The van der Waals surface area contributed by atoms with E-state index in [-0.39, 0.29) is 0 Å². The SMILES string of the molecule is Cc1cnc(CN2CC(N3CCN(c4ncccn4)CC3)C2)o1. The Bertz CT molecular complexity index is 631. The van der Waals surface area contributed by atoms with Crippen LogP contribution in [0.25, 0.3) is 0 Å². The first-order valence-corrected chi connectivity index (χ1v) is 8.17. The maximum atomic E-state index is 5.55. The van der Waals surface area contributed by atoms with Crippen LogP contribution >= 0.6 is 0 Å². The molecule has 7 heteroatoms. The van der Waals surface area contributed by atoms with Crippen LogP contribution in [0.1, 0.15) is 11.7 Å². The molecule has 2 fully saturated rings. The molecule has 122 valence electrons. The van der Waals surface area contributed by atoms with E-state index in [4.69, 9.17) is 4.42 Å². The van der Waals surface area contributed by atoms with Gasteiger partial charge in [-0.15, -0.1) is 0 Å². The molecule has 2 aliphatic rings. The van der Waals surface area contributed by atoms with Crippen LogP contribution < -0.4 is 4.90 Å². The van der Waals surface area contributed by atoms with Crippen molar-refractivity contribution >= 4 is 5.95 Å². The van der Waals surface area contributed by atoms with Gasteiger partial charge in [0.15, 0.2) is 0 Å². The molecule has 0 aromatic carbocycles. The Morgan fingerprint density at radius 2 is 1.83 bits per heavy atom. The molecule has 0 saturated carbocycles. The third-order valence-electron chi connectivity index (χ3n) is 4.63. The number of anilines is 1. The molecule has 2 saturated heterocycles. The molecule has 0 atom stereocenters. The van der Waals surface area contributed by atoms with Gasteiger partial charge in [0, 0.05) is 57.7 Å². The highest BCUT2D eigenvalue weighted by Crippen LogP contribution is 2.20. The minimum atomic E-state index is 0.657. The highest BCUT2D eigenvalue weighted by atomic mass is 16.4. The van der Waals surface area contributed by atoms with Crippen molar-refractivity contribution < 1.29 is 4.42 Å². The fourth-order valence-corrected chi connectivity index (χ4v) is 3.31. The second kappa shape index (κ2) is 6.25. The summed E-state index contributed by atoms with van der Waals surface area (Å²) in [6, 6.07) is 2.52. The molecule has 23 heavy (non-hydrogen) atoms. The molecule has 0 bridgehead atoms. The summed E-state index contributed by atoms with van der Waals surface area (Å²) in [6.45, 7) is 9.11. The summed E-state index contributed by atoms with van der Waals surface area (Å²) in [6.07, 6.45) is 5.41. The van der Waals surface area contributed by atoms with Crippen LogP contribution in [0.15, 0.2) is 29.1 Å². The number of likely N-dealkylation sites (tertiary alicyclic amines) is 1. The molecule has 0 N–H and O–H groups in total. The van der Waals surface area contributed by atoms with Crippen molar-refractivity contribution in [3.8, 4) is 0 Å². The van der Waals surface area contributed by atoms with Crippen molar-refractivity contribution in [1.29, 1.82) is 0 Å². The normalized spacial score (nSPS) is 20.7. The lowest BCUT2D eigenvalue weighted by Crippen LogP contribution is -2.62. The Labute approximate surface area is 135 Å². The van der Waals surface area contributed by atoms with E-state index in [9.17, 15) is 0 Å². The number of oxazole rings is 1. The predicted molar refractivity (Wildman–Crippen MR) is 86.1 cm³/mol. The summed E-state index contributed by atoms with van der Waals surface area (Å²) < 4.78 is 5.55. The van der Waals surface area contributed by atoms with E-state index in [0.29, 0.717) is 6.04 Å².